The molecule has 0 unspecified atom stereocenters. The van der Waals surface area contributed by atoms with Crippen LogP contribution in [-0.4, -0.2) is 11.9 Å². The molecule has 186 valence electrons. The van der Waals surface area contributed by atoms with Crippen LogP contribution >= 0.6 is 10.5 Å². The highest BCUT2D eigenvalue weighted by molar-refractivity contribution is 7.50. The minimum absolute atomic E-state index is 0.241. The van der Waals surface area contributed by atoms with Crippen molar-refractivity contribution in [1.82, 2.24) is 0 Å². The van der Waals surface area contributed by atoms with Crippen LogP contribution in [0.1, 0.15) is 47.8 Å². The van der Waals surface area contributed by atoms with Gasteiger partial charge in [-0.3, -0.25) is 4.79 Å². The molecule has 5 rings (SSSR count). The lowest BCUT2D eigenvalue weighted by molar-refractivity contribution is -0.132. The first-order valence-corrected chi connectivity index (χ1v) is 13.4. The van der Waals surface area contributed by atoms with Gasteiger partial charge in [-0.1, -0.05) is 42.5 Å². The van der Waals surface area contributed by atoms with E-state index in [9.17, 15) is 9.59 Å². The summed E-state index contributed by atoms with van der Waals surface area (Å²) in [5.41, 5.74) is 1.93. The van der Waals surface area contributed by atoms with E-state index in [1.54, 1.807) is 26.0 Å². The molecule has 0 aliphatic rings. The zero-order valence-electron chi connectivity index (χ0n) is 21.6. The lowest BCUT2D eigenvalue weighted by Gasteiger charge is -2.28. The van der Waals surface area contributed by atoms with E-state index in [4.69, 9.17) is 9.47 Å². The number of benzene rings is 4. The van der Waals surface area contributed by atoms with Gasteiger partial charge >= 0.3 is 11.9 Å². The van der Waals surface area contributed by atoms with Gasteiger partial charge < -0.3 is 9.47 Å². The third kappa shape index (κ3) is 4.51. The molecule has 4 nitrogen and oxygen atoms in total. The summed E-state index contributed by atoms with van der Waals surface area (Å²) >= 11 is 0. The van der Waals surface area contributed by atoms with Gasteiger partial charge in [0, 0.05) is 45.9 Å². The van der Waals surface area contributed by atoms with E-state index in [0.29, 0.717) is 16.9 Å². The van der Waals surface area contributed by atoms with Crippen LogP contribution in [0.25, 0.3) is 25.1 Å². The van der Waals surface area contributed by atoms with E-state index in [0.717, 1.165) is 11.1 Å². The molecule has 5 aromatic rings. The Hall–Kier alpha value is -3.96. The van der Waals surface area contributed by atoms with Crippen molar-refractivity contribution in [3.63, 3.8) is 0 Å². The van der Waals surface area contributed by atoms with Crippen LogP contribution in [0.4, 0.5) is 0 Å². The van der Waals surface area contributed by atoms with Gasteiger partial charge in [0.15, 0.2) is 14.3 Å². The van der Waals surface area contributed by atoms with E-state index >= 15 is 0 Å². The average molecular weight is 510 g/mol. The molecule has 0 atom stereocenters. The van der Waals surface area contributed by atoms with Crippen molar-refractivity contribution < 1.29 is 19.1 Å². The molecule has 1 heterocycles. The molecular formula is C32H29O4S+. The molecule has 5 heteroatoms. The van der Waals surface area contributed by atoms with Gasteiger partial charge in [-0.15, -0.1) is 0 Å². The number of aryl methyl sites for hydroxylation is 2. The molecule has 0 spiro atoms. The molecule has 0 bridgehead atoms. The number of thiophene rings is 1. The SMILES string of the molecule is CC(=O)Oc1ccccc1C(C)(C)OC(=O)c1c(C)cc(-[s+]2c3ccccc3c3ccccc32)cc1C. The lowest BCUT2D eigenvalue weighted by atomic mass is 9.96. The standard InChI is InChI=1S/C32H29O4S/c1-20-18-23(37-28-16-10-6-12-24(28)25-13-7-11-17-29(25)37)19-21(2)30(20)31(34)36-32(4,5)26-14-8-9-15-27(26)35-22(3)33/h6-19H,1-5H3/q+1. The van der Waals surface area contributed by atoms with Crippen molar-refractivity contribution in [3.8, 4) is 10.6 Å². The Morgan fingerprint density at radius 3 is 1.84 bits per heavy atom. The number of fused-ring (bicyclic) bond motifs is 3. The quantitative estimate of drug-likeness (QED) is 0.136. The van der Waals surface area contributed by atoms with Gasteiger partial charge in [-0.25, -0.2) is 4.79 Å². The topological polar surface area (TPSA) is 52.6 Å². The molecular weight excluding hydrogens is 480 g/mol. The monoisotopic (exact) mass is 509 g/mol. The molecule has 0 amide bonds. The van der Waals surface area contributed by atoms with Crippen LogP contribution in [0.3, 0.4) is 0 Å². The predicted octanol–water partition coefficient (Wildman–Crippen LogP) is 8.37. The first-order valence-electron chi connectivity index (χ1n) is 12.2. The molecule has 4 aromatic carbocycles. The second-order valence-corrected chi connectivity index (χ2v) is 11.7. The molecule has 1 aromatic heterocycles. The number of para-hydroxylation sites is 1. The fourth-order valence-electron chi connectivity index (χ4n) is 5.02. The highest BCUT2D eigenvalue weighted by atomic mass is 32.2. The van der Waals surface area contributed by atoms with Crippen LogP contribution in [0, 0.1) is 13.8 Å². The summed E-state index contributed by atoms with van der Waals surface area (Å²) in [5.74, 6) is -0.441. The van der Waals surface area contributed by atoms with E-state index < -0.39 is 17.5 Å². The van der Waals surface area contributed by atoms with Crippen molar-refractivity contribution in [2.75, 3.05) is 0 Å². The number of ether oxygens (including phenoxy) is 2. The second kappa shape index (κ2) is 9.49. The number of hydrogen-bond acceptors (Lipinski definition) is 4. The number of esters is 2. The number of rotatable bonds is 5. The Bertz CT molecular complexity index is 1600. The van der Waals surface area contributed by atoms with Gasteiger partial charge in [0.1, 0.15) is 11.4 Å². The first kappa shape index (κ1) is 24.7. The number of carbonyl (C=O) groups is 2. The molecule has 37 heavy (non-hydrogen) atoms. The summed E-state index contributed by atoms with van der Waals surface area (Å²) in [6.07, 6.45) is 0. The summed E-state index contributed by atoms with van der Waals surface area (Å²) in [6, 6.07) is 28.5. The molecule has 0 aliphatic heterocycles. The molecule has 0 saturated carbocycles. The maximum absolute atomic E-state index is 13.5. The minimum Gasteiger partial charge on any atom is -0.451 e. The summed E-state index contributed by atoms with van der Waals surface area (Å²) in [7, 11) is -0.241. The van der Waals surface area contributed by atoms with Crippen LogP contribution in [-0.2, 0) is 15.1 Å². The summed E-state index contributed by atoms with van der Waals surface area (Å²) < 4.78 is 14.0. The Labute approximate surface area is 219 Å². The van der Waals surface area contributed by atoms with Gasteiger partial charge in [0.05, 0.1) is 5.56 Å². The maximum atomic E-state index is 13.5. The van der Waals surface area contributed by atoms with Gasteiger partial charge in [-0.05, 0) is 69.2 Å². The molecule has 0 N–H and O–H groups in total. The molecule has 0 saturated heterocycles. The molecule has 0 fully saturated rings. The third-order valence-corrected chi connectivity index (χ3v) is 8.89. The highest BCUT2D eigenvalue weighted by Gasteiger charge is 2.32. The zero-order chi connectivity index (χ0) is 26.3. The summed E-state index contributed by atoms with van der Waals surface area (Å²) in [6.45, 7) is 8.89. The van der Waals surface area contributed by atoms with E-state index in [1.165, 1.54) is 32.0 Å². The minimum atomic E-state index is -1.01. The Kier molecular flexibility index (Phi) is 6.34. The van der Waals surface area contributed by atoms with E-state index in [-0.39, 0.29) is 10.5 Å². The lowest BCUT2D eigenvalue weighted by Crippen LogP contribution is -2.27. The van der Waals surface area contributed by atoms with Gasteiger partial charge in [0.25, 0.3) is 0 Å². The van der Waals surface area contributed by atoms with Crippen LogP contribution in [0.15, 0.2) is 84.9 Å². The van der Waals surface area contributed by atoms with Crippen molar-refractivity contribution in [2.24, 2.45) is 0 Å². The van der Waals surface area contributed by atoms with Crippen molar-refractivity contribution in [3.05, 3.63) is 107 Å². The Morgan fingerprint density at radius 1 is 0.757 bits per heavy atom. The van der Waals surface area contributed by atoms with Crippen molar-refractivity contribution in [1.29, 1.82) is 0 Å². The third-order valence-electron chi connectivity index (χ3n) is 6.59. The summed E-state index contributed by atoms with van der Waals surface area (Å²) in [4.78, 5) is 26.3. The smallest absolute Gasteiger partial charge is 0.339 e. The normalized spacial score (nSPS) is 11.6. The summed E-state index contributed by atoms with van der Waals surface area (Å²) in [5, 5.41) is 2.54. The fraction of sp³-hybridized carbons (Fsp3) is 0.188. The van der Waals surface area contributed by atoms with Crippen molar-refractivity contribution in [2.45, 2.75) is 40.2 Å². The predicted molar refractivity (Wildman–Crippen MR) is 151 cm³/mol. The van der Waals surface area contributed by atoms with Crippen LogP contribution in [0.5, 0.6) is 5.75 Å². The van der Waals surface area contributed by atoms with Gasteiger partial charge in [-0.2, -0.15) is 0 Å². The maximum Gasteiger partial charge on any atom is 0.339 e. The highest BCUT2D eigenvalue weighted by Crippen LogP contribution is 2.49. The first-order chi connectivity index (χ1) is 17.7. The van der Waals surface area contributed by atoms with E-state index in [2.05, 4.69) is 60.7 Å². The fourth-order valence-corrected chi connectivity index (χ4v) is 7.58. The van der Waals surface area contributed by atoms with Crippen LogP contribution in [0.2, 0.25) is 0 Å². The average Bonchev–Trinajstić information content (AvgIpc) is 3.17. The number of hydrogen-bond donors (Lipinski definition) is 0. The van der Waals surface area contributed by atoms with Crippen molar-refractivity contribution >= 4 is 42.6 Å². The van der Waals surface area contributed by atoms with E-state index in [1.807, 2.05) is 26.0 Å². The molecule has 0 radical (unpaired) electrons. The zero-order valence-corrected chi connectivity index (χ0v) is 22.4. The van der Waals surface area contributed by atoms with Crippen LogP contribution < -0.4 is 4.74 Å². The molecule has 0 aliphatic carbocycles. The number of carbonyl (C=O) groups excluding carboxylic acids is 2. The Morgan fingerprint density at radius 2 is 1.27 bits per heavy atom. The second-order valence-electron chi connectivity index (χ2n) is 9.72. The largest absolute Gasteiger partial charge is 0.451 e. The Balaban J connectivity index is 1.54. The van der Waals surface area contributed by atoms with Gasteiger partial charge in [0.2, 0.25) is 0 Å².